The molecule has 1 saturated heterocycles. The van der Waals surface area contributed by atoms with Gasteiger partial charge in [0.15, 0.2) is 0 Å². The fraction of sp³-hybridized carbons (Fsp3) is 0.750. The van der Waals surface area contributed by atoms with Gasteiger partial charge in [0.25, 0.3) is 0 Å². The van der Waals surface area contributed by atoms with Gasteiger partial charge >= 0.3 is 0 Å². The highest BCUT2D eigenvalue weighted by atomic mass is 16.5. The lowest BCUT2D eigenvalue weighted by Gasteiger charge is -2.41. The number of carbonyl (C=O) groups excluding carboxylic acids is 5. The van der Waals surface area contributed by atoms with Crippen LogP contribution in [0.3, 0.4) is 0 Å². The van der Waals surface area contributed by atoms with E-state index >= 15 is 0 Å². The minimum absolute atomic E-state index is 0.0114. The van der Waals surface area contributed by atoms with E-state index in [4.69, 9.17) is 9.47 Å². The zero-order valence-corrected chi connectivity index (χ0v) is 37.7. The summed E-state index contributed by atoms with van der Waals surface area (Å²) in [4.78, 5) is 74.7. The van der Waals surface area contributed by atoms with E-state index in [9.17, 15) is 24.0 Å². The number of amides is 5. The van der Waals surface area contributed by atoms with E-state index in [-0.39, 0.29) is 59.8 Å². The van der Waals surface area contributed by atoms with Crippen molar-refractivity contribution in [3.63, 3.8) is 0 Å². The first-order chi connectivity index (χ1) is 26.6. The Kier molecular flexibility index (Phi) is 19.6. The van der Waals surface area contributed by atoms with E-state index in [0.29, 0.717) is 19.4 Å². The number of nitrogens with one attached hydrogen (secondary N) is 3. The molecule has 3 N–H and O–H groups in total. The smallest absolute Gasteiger partial charge is 0.245 e. The first-order valence-electron chi connectivity index (χ1n) is 20.8. The van der Waals surface area contributed by atoms with Crippen LogP contribution in [-0.4, -0.2) is 134 Å². The first-order valence-corrected chi connectivity index (χ1v) is 20.8. The molecule has 1 heterocycles. The number of hydrogen-bond acceptors (Lipinski definition) is 8. The fourth-order valence-corrected chi connectivity index (χ4v) is 8.23. The number of methoxy groups -OCH3 is 2. The molecule has 324 valence electrons. The van der Waals surface area contributed by atoms with Crippen molar-refractivity contribution in [2.24, 2.45) is 23.7 Å². The molecule has 13 nitrogen and oxygen atoms in total. The number of nitrogens with zero attached hydrogens (tertiary/aromatic N) is 3. The number of benzene rings is 1. The lowest BCUT2D eigenvalue weighted by molar-refractivity contribution is -0.148. The molecule has 0 spiro atoms. The Morgan fingerprint density at radius 1 is 0.860 bits per heavy atom. The third-order valence-electron chi connectivity index (χ3n) is 11.4. The largest absolute Gasteiger partial charge is 0.379 e. The van der Waals surface area contributed by atoms with E-state index < -0.39 is 47.8 Å². The third kappa shape index (κ3) is 14.1. The first kappa shape index (κ1) is 49.6. The molecule has 2 rings (SSSR count). The minimum Gasteiger partial charge on any atom is -0.379 e. The van der Waals surface area contributed by atoms with Gasteiger partial charge in [0.2, 0.25) is 29.5 Å². The molecule has 0 aliphatic carbocycles. The quantitative estimate of drug-likeness (QED) is 0.167. The van der Waals surface area contributed by atoms with Crippen LogP contribution in [-0.2, 0) is 39.9 Å². The molecule has 1 aromatic carbocycles. The molecule has 0 aromatic heterocycles. The standard InChI is InChI=1S/C44H76N6O7/c1-16-29(6)38(49(13)43(55)36(27(2)3)46-42(54)37(28(4)5)48(11)12)34(56-14)26-35(51)50-24-20-23-33(50)39(57-15)30(7)40(52)45-32(41(53)47-44(8,9)10)25-31-21-18-17-19-22-31/h17-19,21-22,27-30,32-34,36-39H,16,20,23-26H2,1-15H3,(H,45,52)(H,46,54)(H,47,53)/t29-,30+,32-,33-,34+,36-,37-,38-,39+/m0/s1. The Bertz CT molecular complexity index is 1440. The summed E-state index contributed by atoms with van der Waals surface area (Å²) in [6.07, 6.45) is 1.16. The molecule has 0 bridgehead atoms. The van der Waals surface area contributed by atoms with Crippen molar-refractivity contribution in [1.29, 1.82) is 0 Å². The van der Waals surface area contributed by atoms with Crippen LogP contribution >= 0.6 is 0 Å². The lowest BCUT2D eigenvalue weighted by Crippen LogP contribution is -2.59. The number of likely N-dealkylation sites (tertiary alicyclic amines) is 1. The number of ether oxygens (including phenoxy) is 2. The predicted molar refractivity (Wildman–Crippen MR) is 225 cm³/mol. The van der Waals surface area contributed by atoms with Gasteiger partial charge in [-0.05, 0) is 71.0 Å². The summed E-state index contributed by atoms with van der Waals surface area (Å²) in [5.74, 6) is -2.07. The molecule has 13 heteroatoms. The fourth-order valence-electron chi connectivity index (χ4n) is 8.23. The van der Waals surface area contributed by atoms with Gasteiger partial charge in [-0.2, -0.15) is 0 Å². The third-order valence-corrected chi connectivity index (χ3v) is 11.4. The average Bonchev–Trinajstić information content (AvgIpc) is 3.62. The lowest BCUT2D eigenvalue weighted by atomic mass is 9.89. The molecule has 57 heavy (non-hydrogen) atoms. The van der Waals surface area contributed by atoms with Gasteiger partial charge in [-0.3, -0.25) is 28.9 Å². The molecule has 1 aliphatic rings. The number of carbonyl (C=O) groups is 5. The van der Waals surface area contributed by atoms with Gasteiger partial charge in [-0.15, -0.1) is 0 Å². The Morgan fingerprint density at radius 2 is 1.47 bits per heavy atom. The molecule has 5 amide bonds. The summed E-state index contributed by atoms with van der Waals surface area (Å²) < 4.78 is 12.0. The highest BCUT2D eigenvalue weighted by Crippen LogP contribution is 2.30. The number of rotatable bonds is 21. The van der Waals surface area contributed by atoms with Gasteiger partial charge in [-0.1, -0.05) is 85.2 Å². The summed E-state index contributed by atoms with van der Waals surface area (Å²) in [7, 11) is 8.55. The summed E-state index contributed by atoms with van der Waals surface area (Å²) in [5, 5.41) is 9.04. The minimum atomic E-state index is -0.812. The molecule has 9 atom stereocenters. The van der Waals surface area contributed by atoms with Crippen molar-refractivity contribution < 1.29 is 33.4 Å². The van der Waals surface area contributed by atoms with Crippen molar-refractivity contribution in [3.05, 3.63) is 35.9 Å². The maximum absolute atomic E-state index is 14.3. The van der Waals surface area contributed by atoms with Gasteiger partial charge in [0.05, 0.1) is 42.7 Å². The number of hydrogen-bond donors (Lipinski definition) is 3. The Balaban J connectivity index is 2.32. The Hall–Kier alpha value is -3.55. The molecule has 1 aromatic rings. The van der Waals surface area contributed by atoms with Crippen molar-refractivity contribution in [2.75, 3.05) is 41.9 Å². The molecule has 0 unspecified atom stereocenters. The maximum Gasteiger partial charge on any atom is 0.245 e. The molecule has 0 saturated carbocycles. The maximum atomic E-state index is 14.3. The van der Waals surface area contributed by atoms with E-state index in [2.05, 4.69) is 16.0 Å². The Labute approximate surface area is 343 Å². The van der Waals surface area contributed by atoms with Crippen LogP contribution in [0.1, 0.15) is 100 Å². The van der Waals surface area contributed by atoms with Gasteiger partial charge < -0.3 is 35.2 Å². The second kappa shape index (κ2) is 22.6. The van der Waals surface area contributed by atoms with Crippen molar-refractivity contribution in [2.45, 2.75) is 149 Å². The van der Waals surface area contributed by atoms with E-state index in [0.717, 1.165) is 18.4 Å². The van der Waals surface area contributed by atoms with E-state index in [1.54, 1.807) is 38.0 Å². The second-order valence-corrected chi connectivity index (χ2v) is 18.0. The second-order valence-electron chi connectivity index (χ2n) is 18.0. The van der Waals surface area contributed by atoms with Crippen LogP contribution in [0.15, 0.2) is 30.3 Å². The van der Waals surface area contributed by atoms with Gasteiger partial charge in [-0.25, -0.2) is 0 Å². The van der Waals surface area contributed by atoms with Crippen molar-refractivity contribution in [3.8, 4) is 0 Å². The monoisotopic (exact) mass is 801 g/mol. The zero-order chi connectivity index (χ0) is 43.4. The van der Waals surface area contributed by atoms with Crippen LogP contribution in [0.2, 0.25) is 0 Å². The van der Waals surface area contributed by atoms with Gasteiger partial charge in [0, 0.05) is 39.8 Å². The summed E-state index contributed by atoms with van der Waals surface area (Å²) in [5.41, 5.74) is 0.424. The molecule has 1 fully saturated rings. The van der Waals surface area contributed by atoms with Crippen molar-refractivity contribution >= 4 is 29.5 Å². The van der Waals surface area contributed by atoms with Crippen LogP contribution in [0.4, 0.5) is 0 Å². The normalized spacial score (nSPS) is 19.0. The van der Waals surface area contributed by atoms with Crippen LogP contribution < -0.4 is 16.0 Å². The van der Waals surface area contributed by atoms with Crippen LogP contribution in [0.25, 0.3) is 0 Å². The molecular formula is C44H76N6O7. The highest BCUT2D eigenvalue weighted by Gasteiger charge is 2.43. The predicted octanol–water partition coefficient (Wildman–Crippen LogP) is 4.28. The summed E-state index contributed by atoms with van der Waals surface area (Å²) in [6, 6.07) is 6.72. The highest BCUT2D eigenvalue weighted by molar-refractivity contribution is 5.91. The average molecular weight is 801 g/mol. The molecule has 1 aliphatic heterocycles. The van der Waals surface area contributed by atoms with E-state index in [1.807, 2.05) is 112 Å². The topological polar surface area (TPSA) is 150 Å². The van der Waals surface area contributed by atoms with Gasteiger partial charge in [0.1, 0.15) is 12.1 Å². The number of likely N-dealkylation sites (N-methyl/N-ethyl adjacent to an activating group) is 2. The van der Waals surface area contributed by atoms with Crippen LogP contribution in [0, 0.1) is 23.7 Å². The zero-order valence-electron chi connectivity index (χ0n) is 37.7. The molecular weight excluding hydrogens is 725 g/mol. The SMILES string of the molecule is CC[C@H](C)[C@@H]([C@@H](CC(=O)N1CCC[C@H]1[C@H](OC)[C@@H](C)C(=O)N[C@@H](Cc1ccccc1)C(=O)NC(C)(C)C)OC)N(C)C(=O)[C@@H](NC(=O)[C@H](C(C)C)N(C)C)C(C)C. The summed E-state index contributed by atoms with van der Waals surface area (Å²) >= 11 is 0. The van der Waals surface area contributed by atoms with Crippen molar-refractivity contribution in [1.82, 2.24) is 30.7 Å². The molecule has 0 radical (unpaired) electrons. The van der Waals surface area contributed by atoms with Crippen LogP contribution in [0.5, 0.6) is 0 Å². The van der Waals surface area contributed by atoms with E-state index in [1.165, 1.54) is 0 Å². The Morgan fingerprint density at radius 3 is 1.96 bits per heavy atom. The summed E-state index contributed by atoms with van der Waals surface area (Å²) in [6.45, 7) is 19.8.